The third-order valence-corrected chi connectivity index (χ3v) is 6.01. The summed E-state index contributed by atoms with van der Waals surface area (Å²) >= 11 is 6.40. The van der Waals surface area contributed by atoms with Gasteiger partial charge in [0.2, 0.25) is 0 Å². The van der Waals surface area contributed by atoms with E-state index in [2.05, 4.69) is 4.98 Å². The number of carbonyl (C=O) groups is 1. The molecule has 1 amide bonds. The Bertz CT molecular complexity index is 1390. The fourth-order valence-corrected chi connectivity index (χ4v) is 4.02. The second kappa shape index (κ2) is 10.0. The van der Waals surface area contributed by atoms with Gasteiger partial charge in [0.05, 0.1) is 20.8 Å². The van der Waals surface area contributed by atoms with E-state index in [1.54, 1.807) is 29.2 Å². The maximum atomic E-state index is 13.7. The predicted molar refractivity (Wildman–Crippen MR) is 134 cm³/mol. The smallest absolute Gasteiger partial charge is 0.254 e. The minimum atomic E-state index is -0.277. The van der Waals surface area contributed by atoms with Crippen LogP contribution in [0.3, 0.4) is 0 Å². The standard InChI is InChI=1S/C27H25ClN2O4/c1-17-8-9-18-11-21(26(31)29-25(18)10-17)16-30(15-19-6-4-5-7-24(19)28)27(32)20-12-22(33-2)14-23(13-20)34-3/h4-14H,15-16H2,1-3H3,(H,29,31). The van der Waals surface area contributed by atoms with Crippen LogP contribution in [-0.4, -0.2) is 30.0 Å². The van der Waals surface area contributed by atoms with Crippen LogP contribution in [0.2, 0.25) is 5.02 Å². The molecule has 1 N–H and O–H groups in total. The van der Waals surface area contributed by atoms with Crippen molar-refractivity contribution >= 4 is 28.4 Å². The number of rotatable bonds is 7. The molecule has 0 radical (unpaired) electrons. The van der Waals surface area contributed by atoms with E-state index >= 15 is 0 Å². The number of H-pyrrole nitrogens is 1. The van der Waals surface area contributed by atoms with Crippen LogP contribution in [0, 0.1) is 6.92 Å². The zero-order valence-electron chi connectivity index (χ0n) is 19.2. The van der Waals surface area contributed by atoms with Crippen LogP contribution in [0.4, 0.5) is 0 Å². The van der Waals surface area contributed by atoms with Crippen molar-refractivity contribution in [2.75, 3.05) is 14.2 Å². The molecule has 7 heteroatoms. The van der Waals surface area contributed by atoms with Crippen molar-refractivity contribution in [2.24, 2.45) is 0 Å². The summed E-state index contributed by atoms with van der Waals surface area (Å²) in [6, 6.07) is 20.0. The molecule has 0 aliphatic heterocycles. The molecule has 0 unspecified atom stereocenters. The summed E-state index contributed by atoms with van der Waals surface area (Å²) in [7, 11) is 3.06. The SMILES string of the molecule is COc1cc(OC)cc(C(=O)N(Cc2ccccc2Cl)Cc2cc3ccc(C)cc3[nH]c2=O)c1. The molecule has 3 aromatic carbocycles. The highest BCUT2D eigenvalue weighted by atomic mass is 35.5. The lowest BCUT2D eigenvalue weighted by molar-refractivity contribution is 0.0728. The van der Waals surface area contributed by atoms with Crippen molar-refractivity contribution < 1.29 is 14.3 Å². The van der Waals surface area contributed by atoms with Gasteiger partial charge in [0.25, 0.3) is 11.5 Å². The number of ether oxygens (including phenoxy) is 2. The molecular formula is C27H25ClN2O4. The first kappa shape index (κ1) is 23.4. The van der Waals surface area contributed by atoms with Gasteiger partial charge in [-0.3, -0.25) is 9.59 Å². The molecule has 4 aromatic rings. The van der Waals surface area contributed by atoms with Crippen LogP contribution in [0.1, 0.15) is 27.0 Å². The van der Waals surface area contributed by atoms with Gasteiger partial charge in [-0.2, -0.15) is 0 Å². The van der Waals surface area contributed by atoms with E-state index < -0.39 is 0 Å². The van der Waals surface area contributed by atoms with Gasteiger partial charge < -0.3 is 19.4 Å². The van der Waals surface area contributed by atoms with E-state index in [-0.39, 0.29) is 24.6 Å². The number of fused-ring (bicyclic) bond motifs is 1. The van der Waals surface area contributed by atoms with Crippen LogP contribution < -0.4 is 15.0 Å². The molecule has 1 heterocycles. The molecule has 4 rings (SSSR count). The summed E-state index contributed by atoms with van der Waals surface area (Å²) in [4.78, 5) is 31.1. The fourth-order valence-electron chi connectivity index (χ4n) is 3.83. The molecule has 0 spiro atoms. The number of nitrogens with zero attached hydrogens (tertiary/aromatic N) is 1. The molecule has 6 nitrogen and oxygen atoms in total. The number of amides is 1. The summed E-state index contributed by atoms with van der Waals surface area (Å²) in [6.45, 7) is 2.30. The summed E-state index contributed by atoms with van der Waals surface area (Å²) in [5.41, 5.74) is 3.22. The third-order valence-electron chi connectivity index (χ3n) is 5.64. The number of nitrogens with one attached hydrogen (secondary N) is 1. The number of aromatic amines is 1. The highest BCUT2D eigenvalue weighted by molar-refractivity contribution is 6.31. The zero-order chi connectivity index (χ0) is 24.2. The van der Waals surface area contributed by atoms with E-state index in [4.69, 9.17) is 21.1 Å². The number of hydrogen-bond acceptors (Lipinski definition) is 4. The molecule has 0 aliphatic carbocycles. The summed E-state index contributed by atoms with van der Waals surface area (Å²) in [5, 5.41) is 1.44. The Morgan fingerprint density at radius 1 is 0.912 bits per heavy atom. The molecule has 174 valence electrons. The number of aryl methyl sites for hydroxylation is 1. The second-order valence-electron chi connectivity index (χ2n) is 8.07. The number of aromatic nitrogens is 1. The van der Waals surface area contributed by atoms with Crippen LogP contribution in [0.15, 0.2) is 71.5 Å². The van der Waals surface area contributed by atoms with E-state index in [1.807, 2.05) is 49.4 Å². The lowest BCUT2D eigenvalue weighted by Crippen LogP contribution is -2.32. The molecular weight excluding hydrogens is 452 g/mol. The van der Waals surface area contributed by atoms with E-state index in [0.717, 1.165) is 22.0 Å². The molecule has 0 fully saturated rings. The number of halogens is 1. The highest BCUT2D eigenvalue weighted by Gasteiger charge is 2.21. The van der Waals surface area contributed by atoms with Gasteiger partial charge in [-0.1, -0.05) is 41.9 Å². The lowest BCUT2D eigenvalue weighted by atomic mass is 10.1. The second-order valence-corrected chi connectivity index (χ2v) is 8.48. The number of hydrogen-bond donors (Lipinski definition) is 1. The normalized spacial score (nSPS) is 10.8. The van der Waals surface area contributed by atoms with E-state index in [9.17, 15) is 9.59 Å². The Hall–Kier alpha value is -3.77. The Labute approximate surface area is 202 Å². The first-order valence-electron chi connectivity index (χ1n) is 10.8. The average molecular weight is 477 g/mol. The molecule has 0 saturated carbocycles. The highest BCUT2D eigenvalue weighted by Crippen LogP contribution is 2.26. The van der Waals surface area contributed by atoms with Crippen LogP contribution >= 0.6 is 11.6 Å². The Kier molecular flexibility index (Phi) is 6.89. The van der Waals surface area contributed by atoms with Gasteiger partial charge in [-0.25, -0.2) is 0 Å². The third kappa shape index (κ3) is 5.07. The first-order chi connectivity index (χ1) is 16.4. The van der Waals surface area contributed by atoms with Crippen molar-refractivity contribution in [2.45, 2.75) is 20.0 Å². The first-order valence-corrected chi connectivity index (χ1v) is 11.1. The Morgan fingerprint density at radius 2 is 1.59 bits per heavy atom. The molecule has 0 aliphatic rings. The average Bonchev–Trinajstić information content (AvgIpc) is 2.84. The maximum Gasteiger partial charge on any atom is 0.254 e. The van der Waals surface area contributed by atoms with Gasteiger partial charge in [0.1, 0.15) is 11.5 Å². The molecule has 1 aromatic heterocycles. The summed E-state index contributed by atoms with van der Waals surface area (Å²) in [6.07, 6.45) is 0. The van der Waals surface area contributed by atoms with Gasteiger partial charge in [-0.05, 0) is 53.8 Å². The van der Waals surface area contributed by atoms with Crippen molar-refractivity contribution in [1.29, 1.82) is 0 Å². The zero-order valence-corrected chi connectivity index (χ0v) is 20.0. The quantitative estimate of drug-likeness (QED) is 0.390. The number of methoxy groups -OCH3 is 2. The monoisotopic (exact) mass is 476 g/mol. The number of benzene rings is 3. The molecule has 0 saturated heterocycles. The topological polar surface area (TPSA) is 71.6 Å². The van der Waals surface area contributed by atoms with Gasteiger partial charge in [0, 0.05) is 34.3 Å². The fraction of sp³-hybridized carbons (Fsp3) is 0.185. The minimum absolute atomic E-state index is 0.0999. The maximum absolute atomic E-state index is 13.7. The largest absolute Gasteiger partial charge is 0.497 e. The Balaban J connectivity index is 1.76. The molecule has 0 atom stereocenters. The number of carbonyl (C=O) groups excluding carboxylic acids is 1. The van der Waals surface area contributed by atoms with E-state index in [1.165, 1.54) is 14.2 Å². The van der Waals surface area contributed by atoms with Gasteiger partial charge in [-0.15, -0.1) is 0 Å². The van der Waals surface area contributed by atoms with Crippen molar-refractivity contribution in [3.8, 4) is 11.5 Å². The van der Waals surface area contributed by atoms with Crippen LogP contribution in [0.25, 0.3) is 10.9 Å². The summed E-state index contributed by atoms with van der Waals surface area (Å²) < 4.78 is 10.7. The molecule has 34 heavy (non-hydrogen) atoms. The van der Waals surface area contributed by atoms with Crippen molar-refractivity contribution in [1.82, 2.24) is 9.88 Å². The minimum Gasteiger partial charge on any atom is -0.497 e. The predicted octanol–water partition coefficient (Wildman–Crippen LogP) is 5.35. The number of pyridine rings is 1. The molecule has 0 bridgehead atoms. The van der Waals surface area contributed by atoms with Gasteiger partial charge in [0.15, 0.2) is 0 Å². The lowest BCUT2D eigenvalue weighted by Gasteiger charge is -2.24. The summed E-state index contributed by atoms with van der Waals surface area (Å²) in [5.74, 6) is 0.721. The van der Waals surface area contributed by atoms with Gasteiger partial charge >= 0.3 is 0 Å². The van der Waals surface area contributed by atoms with Crippen molar-refractivity contribution in [3.05, 3.63) is 104 Å². The Morgan fingerprint density at radius 3 is 2.26 bits per heavy atom. The van der Waals surface area contributed by atoms with Crippen molar-refractivity contribution in [3.63, 3.8) is 0 Å². The van der Waals surface area contributed by atoms with Crippen LogP contribution in [-0.2, 0) is 13.1 Å². The van der Waals surface area contributed by atoms with Crippen LogP contribution in [0.5, 0.6) is 11.5 Å². The van der Waals surface area contributed by atoms with E-state index in [0.29, 0.717) is 27.6 Å².